The van der Waals surface area contributed by atoms with Gasteiger partial charge in [0.1, 0.15) is 28.4 Å². The maximum absolute atomic E-state index is 13.3. The predicted octanol–water partition coefficient (Wildman–Crippen LogP) is 5.50. The Kier molecular flexibility index (Phi) is 5.11. The molecule has 0 atom stereocenters. The van der Waals surface area contributed by atoms with Crippen molar-refractivity contribution in [2.75, 3.05) is 0 Å². The Morgan fingerprint density at radius 1 is 0.943 bits per heavy atom. The van der Waals surface area contributed by atoms with Gasteiger partial charge in [-0.25, -0.2) is 4.98 Å². The van der Waals surface area contributed by atoms with Crippen LogP contribution in [0.1, 0.15) is 17.2 Å². The highest BCUT2D eigenvalue weighted by Crippen LogP contribution is 2.36. The van der Waals surface area contributed by atoms with Crippen LogP contribution < -0.4 is 5.56 Å². The summed E-state index contributed by atoms with van der Waals surface area (Å²) in [4.78, 5) is 19.6. The lowest BCUT2D eigenvalue weighted by Crippen LogP contribution is -2.21. The third-order valence-electron chi connectivity index (χ3n) is 5.85. The molecule has 8 nitrogen and oxygen atoms in total. The van der Waals surface area contributed by atoms with Gasteiger partial charge in [-0.2, -0.15) is 0 Å². The molecular formula is C26H19N5O3S. The average molecular weight is 482 g/mol. The van der Waals surface area contributed by atoms with E-state index in [4.69, 9.17) is 8.94 Å². The molecule has 6 aromatic rings. The predicted molar refractivity (Wildman–Crippen MR) is 133 cm³/mol. The molecule has 0 unspecified atom stereocenters. The SMILES string of the molecule is Cc1onc(-c2ccccc2)c1-c1nnc(Cn2cnc3sc(-c4ccccc4)c(C)c3c2=O)o1. The third-order valence-corrected chi connectivity index (χ3v) is 7.10. The van der Waals surface area contributed by atoms with Gasteiger partial charge in [0.05, 0.1) is 11.7 Å². The van der Waals surface area contributed by atoms with Gasteiger partial charge < -0.3 is 8.94 Å². The zero-order valence-electron chi connectivity index (χ0n) is 18.9. The highest BCUT2D eigenvalue weighted by molar-refractivity contribution is 7.22. The van der Waals surface area contributed by atoms with Crippen molar-refractivity contribution in [2.45, 2.75) is 20.4 Å². The van der Waals surface area contributed by atoms with E-state index >= 15 is 0 Å². The highest BCUT2D eigenvalue weighted by Gasteiger charge is 2.22. The van der Waals surface area contributed by atoms with Crippen molar-refractivity contribution < 1.29 is 8.94 Å². The number of hydrogen-bond acceptors (Lipinski definition) is 8. The van der Waals surface area contributed by atoms with Crippen LogP contribution in [0.4, 0.5) is 0 Å². The van der Waals surface area contributed by atoms with Gasteiger partial charge >= 0.3 is 0 Å². The summed E-state index contributed by atoms with van der Waals surface area (Å²) < 4.78 is 12.8. The lowest BCUT2D eigenvalue weighted by atomic mass is 10.1. The van der Waals surface area contributed by atoms with E-state index in [9.17, 15) is 4.79 Å². The maximum atomic E-state index is 13.3. The van der Waals surface area contributed by atoms with Crippen LogP contribution in [0.3, 0.4) is 0 Å². The lowest BCUT2D eigenvalue weighted by molar-refractivity contribution is 0.399. The van der Waals surface area contributed by atoms with Crippen LogP contribution in [0.2, 0.25) is 0 Å². The number of nitrogens with zero attached hydrogens (tertiary/aromatic N) is 5. The van der Waals surface area contributed by atoms with Gasteiger partial charge in [-0.05, 0) is 25.0 Å². The summed E-state index contributed by atoms with van der Waals surface area (Å²) in [5, 5.41) is 13.2. The minimum Gasteiger partial charge on any atom is -0.419 e. The van der Waals surface area contributed by atoms with Crippen molar-refractivity contribution in [3.8, 4) is 33.2 Å². The van der Waals surface area contributed by atoms with E-state index in [0.717, 1.165) is 21.6 Å². The Morgan fingerprint density at radius 2 is 1.66 bits per heavy atom. The smallest absolute Gasteiger partial charge is 0.262 e. The largest absolute Gasteiger partial charge is 0.419 e. The van der Waals surface area contributed by atoms with E-state index in [1.54, 1.807) is 6.92 Å². The van der Waals surface area contributed by atoms with Crippen LogP contribution in [0.15, 0.2) is 80.7 Å². The number of hydrogen-bond donors (Lipinski definition) is 0. The Labute approximate surface area is 203 Å². The first-order valence-corrected chi connectivity index (χ1v) is 11.8. The highest BCUT2D eigenvalue weighted by atomic mass is 32.1. The molecule has 0 saturated heterocycles. The van der Waals surface area contributed by atoms with Gasteiger partial charge in [0, 0.05) is 10.4 Å². The number of fused-ring (bicyclic) bond motifs is 1. The third kappa shape index (κ3) is 3.66. The van der Waals surface area contributed by atoms with E-state index in [2.05, 4.69) is 20.3 Å². The van der Waals surface area contributed by atoms with Crippen LogP contribution in [-0.2, 0) is 6.54 Å². The molecule has 0 aliphatic carbocycles. The molecule has 0 aliphatic heterocycles. The fraction of sp³-hybridized carbons (Fsp3) is 0.115. The zero-order chi connectivity index (χ0) is 23.9. The molecule has 4 heterocycles. The Balaban J connectivity index is 1.35. The molecule has 2 aromatic carbocycles. The molecule has 172 valence electrons. The van der Waals surface area contributed by atoms with Gasteiger partial charge in [-0.15, -0.1) is 21.5 Å². The molecule has 0 radical (unpaired) electrons. The summed E-state index contributed by atoms with van der Waals surface area (Å²) in [6.07, 6.45) is 1.53. The second kappa shape index (κ2) is 8.44. The summed E-state index contributed by atoms with van der Waals surface area (Å²) in [6, 6.07) is 19.7. The number of aryl methyl sites for hydroxylation is 2. The molecule has 0 saturated carbocycles. The van der Waals surface area contributed by atoms with Crippen LogP contribution in [0.25, 0.3) is 43.4 Å². The average Bonchev–Trinajstić information content (AvgIpc) is 3.59. The quantitative estimate of drug-likeness (QED) is 0.321. The van der Waals surface area contributed by atoms with Crippen LogP contribution >= 0.6 is 11.3 Å². The van der Waals surface area contributed by atoms with Crippen molar-refractivity contribution in [2.24, 2.45) is 0 Å². The summed E-state index contributed by atoms with van der Waals surface area (Å²) in [6.45, 7) is 3.86. The number of benzene rings is 2. The van der Waals surface area contributed by atoms with Crippen molar-refractivity contribution in [1.29, 1.82) is 0 Å². The molecule has 0 aliphatic rings. The maximum Gasteiger partial charge on any atom is 0.262 e. The molecule has 0 N–H and O–H groups in total. The van der Waals surface area contributed by atoms with E-state index in [1.807, 2.05) is 67.6 Å². The van der Waals surface area contributed by atoms with Gasteiger partial charge in [0.15, 0.2) is 0 Å². The molecule has 0 spiro atoms. The standard InChI is InChI=1S/C26H19N5O3S/c1-15-20-25(35-23(15)18-11-7-4-8-12-18)27-14-31(26(20)32)13-19-28-29-24(33-19)21-16(2)34-30-22(21)17-9-5-3-6-10-17/h3-12,14H,13H2,1-2H3. The minimum atomic E-state index is -0.142. The summed E-state index contributed by atoms with van der Waals surface area (Å²) in [5.74, 6) is 1.15. The second-order valence-electron chi connectivity index (χ2n) is 8.11. The van der Waals surface area contributed by atoms with Crippen molar-refractivity contribution in [3.63, 3.8) is 0 Å². The second-order valence-corrected chi connectivity index (χ2v) is 9.11. The minimum absolute atomic E-state index is 0.107. The molecular weight excluding hydrogens is 462 g/mol. The molecule has 9 heteroatoms. The van der Waals surface area contributed by atoms with Crippen molar-refractivity contribution >= 4 is 21.6 Å². The van der Waals surface area contributed by atoms with Crippen LogP contribution in [-0.4, -0.2) is 24.9 Å². The number of thiophene rings is 1. The van der Waals surface area contributed by atoms with E-state index in [0.29, 0.717) is 33.1 Å². The van der Waals surface area contributed by atoms with E-state index in [1.165, 1.54) is 22.2 Å². The Hall–Kier alpha value is -4.37. The van der Waals surface area contributed by atoms with Crippen LogP contribution in [0, 0.1) is 13.8 Å². The van der Waals surface area contributed by atoms with Crippen molar-refractivity contribution in [1.82, 2.24) is 24.9 Å². The van der Waals surface area contributed by atoms with Crippen LogP contribution in [0.5, 0.6) is 0 Å². The first-order chi connectivity index (χ1) is 17.1. The molecule has 35 heavy (non-hydrogen) atoms. The summed E-state index contributed by atoms with van der Waals surface area (Å²) >= 11 is 1.52. The van der Waals surface area contributed by atoms with Gasteiger partial charge in [0.25, 0.3) is 11.4 Å². The first kappa shape index (κ1) is 21.2. The Morgan fingerprint density at radius 3 is 2.40 bits per heavy atom. The monoisotopic (exact) mass is 481 g/mol. The molecule has 4 aromatic heterocycles. The molecule has 0 amide bonds. The fourth-order valence-electron chi connectivity index (χ4n) is 4.12. The summed E-state index contributed by atoms with van der Waals surface area (Å²) in [7, 11) is 0. The summed E-state index contributed by atoms with van der Waals surface area (Å²) in [5.41, 5.74) is 3.99. The first-order valence-electron chi connectivity index (χ1n) is 11.0. The topological polar surface area (TPSA) is 99.8 Å². The normalized spacial score (nSPS) is 11.4. The van der Waals surface area contributed by atoms with Crippen molar-refractivity contribution in [3.05, 3.63) is 94.6 Å². The van der Waals surface area contributed by atoms with Gasteiger partial charge in [-0.1, -0.05) is 65.8 Å². The fourth-order valence-corrected chi connectivity index (χ4v) is 5.26. The lowest BCUT2D eigenvalue weighted by Gasteiger charge is -2.02. The van der Waals surface area contributed by atoms with Gasteiger partial charge in [-0.3, -0.25) is 9.36 Å². The molecule has 0 bridgehead atoms. The number of rotatable bonds is 5. The number of aromatic nitrogens is 5. The van der Waals surface area contributed by atoms with E-state index < -0.39 is 0 Å². The zero-order valence-corrected chi connectivity index (χ0v) is 19.7. The Bertz CT molecular complexity index is 1710. The van der Waals surface area contributed by atoms with E-state index in [-0.39, 0.29) is 18.0 Å². The van der Waals surface area contributed by atoms with Gasteiger partial charge in [0.2, 0.25) is 5.89 Å². The molecule has 0 fully saturated rings. The molecule has 6 rings (SSSR count).